The third-order valence-electron chi connectivity index (χ3n) is 4.82. The van der Waals surface area contributed by atoms with Crippen LogP contribution in [0.2, 0.25) is 5.02 Å². The number of nitrogens with two attached hydrogens (primary N) is 1. The average Bonchev–Trinajstić information content (AvgIpc) is 3.19. The molecule has 2 aromatic heterocycles. The molecule has 4 unspecified atom stereocenters. The molecule has 0 radical (unpaired) electrons. The number of ether oxygens (including phenoxy) is 1. The highest BCUT2D eigenvalue weighted by molar-refractivity contribution is 6.30. The fourth-order valence-electron chi connectivity index (χ4n) is 3.46. The highest BCUT2D eigenvalue weighted by Gasteiger charge is 2.38. The van der Waals surface area contributed by atoms with Gasteiger partial charge in [-0.1, -0.05) is 30.7 Å². The second-order valence-electron chi connectivity index (χ2n) is 6.48. The maximum Gasteiger partial charge on any atom is 0.147 e. The van der Waals surface area contributed by atoms with E-state index in [0.29, 0.717) is 10.8 Å². The predicted molar refractivity (Wildman–Crippen MR) is 96.0 cm³/mol. The number of hydrogen-bond donors (Lipinski definition) is 2. The van der Waals surface area contributed by atoms with E-state index >= 15 is 0 Å². The number of anilines is 1. The number of aromatic nitrogens is 3. The van der Waals surface area contributed by atoms with Gasteiger partial charge in [-0.15, -0.1) is 0 Å². The van der Waals surface area contributed by atoms with Crippen LogP contribution < -0.4 is 5.73 Å². The highest BCUT2D eigenvalue weighted by atomic mass is 35.5. The molecule has 0 aliphatic carbocycles. The van der Waals surface area contributed by atoms with Crippen molar-refractivity contribution in [2.24, 2.45) is 5.92 Å². The third kappa shape index (κ3) is 2.86. The molecule has 1 saturated heterocycles. The Morgan fingerprint density at radius 3 is 2.80 bits per heavy atom. The molecule has 3 N–H and O–H groups in total. The third-order valence-corrected chi connectivity index (χ3v) is 5.07. The van der Waals surface area contributed by atoms with Crippen LogP contribution in [-0.2, 0) is 4.74 Å². The SMILES string of the molecule is CC1CC(n2ccc3c(N)ncnc32)OC1C(O)c1ccc(Cl)cc1. The molecule has 1 aromatic carbocycles. The molecule has 7 heteroatoms. The number of hydrogen-bond acceptors (Lipinski definition) is 5. The van der Waals surface area contributed by atoms with Crippen LogP contribution in [0, 0.1) is 5.92 Å². The smallest absolute Gasteiger partial charge is 0.147 e. The van der Waals surface area contributed by atoms with Crippen molar-refractivity contribution >= 4 is 28.5 Å². The maximum absolute atomic E-state index is 10.7. The van der Waals surface area contributed by atoms with Gasteiger partial charge in [0.05, 0.1) is 11.5 Å². The Labute approximate surface area is 150 Å². The van der Waals surface area contributed by atoms with Crippen LogP contribution in [0.4, 0.5) is 5.82 Å². The van der Waals surface area contributed by atoms with E-state index in [1.807, 2.05) is 29.0 Å². The Morgan fingerprint density at radius 1 is 1.28 bits per heavy atom. The van der Waals surface area contributed by atoms with E-state index in [-0.39, 0.29) is 18.2 Å². The van der Waals surface area contributed by atoms with Crippen molar-refractivity contribution in [1.29, 1.82) is 0 Å². The minimum absolute atomic E-state index is 0.187. The van der Waals surface area contributed by atoms with Gasteiger partial charge in [0, 0.05) is 11.2 Å². The molecule has 25 heavy (non-hydrogen) atoms. The zero-order chi connectivity index (χ0) is 17.6. The predicted octanol–water partition coefficient (Wildman–Crippen LogP) is 3.32. The van der Waals surface area contributed by atoms with Crippen molar-refractivity contribution in [3.63, 3.8) is 0 Å². The summed E-state index contributed by atoms with van der Waals surface area (Å²) in [4.78, 5) is 8.34. The van der Waals surface area contributed by atoms with Gasteiger partial charge < -0.3 is 20.1 Å². The van der Waals surface area contributed by atoms with Crippen LogP contribution in [0.25, 0.3) is 11.0 Å². The number of nitrogen functional groups attached to an aromatic ring is 1. The van der Waals surface area contributed by atoms with Gasteiger partial charge >= 0.3 is 0 Å². The van der Waals surface area contributed by atoms with Crippen LogP contribution in [-0.4, -0.2) is 25.7 Å². The summed E-state index contributed by atoms with van der Waals surface area (Å²) in [5.41, 5.74) is 7.44. The number of aliphatic hydroxyl groups is 1. The number of nitrogens with zero attached hydrogens (tertiary/aromatic N) is 3. The minimum Gasteiger partial charge on any atom is -0.386 e. The van der Waals surface area contributed by atoms with Crippen molar-refractivity contribution in [2.45, 2.75) is 31.8 Å². The lowest BCUT2D eigenvalue weighted by molar-refractivity contribution is -0.0675. The average molecular weight is 359 g/mol. The first-order chi connectivity index (χ1) is 12.0. The van der Waals surface area contributed by atoms with Gasteiger partial charge in [-0.25, -0.2) is 9.97 Å². The van der Waals surface area contributed by atoms with Crippen LogP contribution >= 0.6 is 11.6 Å². The van der Waals surface area contributed by atoms with Gasteiger partial charge in [-0.2, -0.15) is 0 Å². The fraction of sp³-hybridized carbons (Fsp3) is 0.333. The van der Waals surface area contributed by atoms with E-state index in [0.717, 1.165) is 23.0 Å². The molecule has 0 spiro atoms. The van der Waals surface area contributed by atoms with Gasteiger partial charge in [0.2, 0.25) is 0 Å². The van der Waals surface area contributed by atoms with Gasteiger partial charge in [0.25, 0.3) is 0 Å². The fourth-order valence-corrected chi connectivity index (χ4v) is 3.59. The summed E-state index contributed by atoms with van der Waals surface area (Å²) in [6.07, 6.45) is 2.93. The lowest BCUT2D eigenvalue weighted by Gasteiger charge is -2.22. The lowest BCUT2D eigenvalue weighted by atomic mass is 9.94. The Kier molecular flexibility index (Phi) is 4.11. The highest BCUT2D eigenvalue weighted by Crippen LogP contribution is 2.40. The summed E-state index contributed by atoms with van der Waals surface area (Å²) in [6, 6.07) is 9.10. The molecule has 130 valence electrons. The number of rotatable bonds is 3. The Morgan fingerprint density at radius 2 is 2.04 bits per heavy atom. The molecule has 6 nitrogen and oxygen atoms in total. The van der Waals surface area contributed by atoms with Crippen LogP contribution in [0.1, 0.15) is 31.2 Å². The largest absolute Gasteiger partial charge is 0.386 e. The zero-order valence-electron chi connectivity index (χ0n) is 13.7. The molecule has 0 amide bonds. The van der Waals surface area contributed by atoms with E-state index in [1.165, 1.54) is 6.33 Å². The quantitative estimate of drug-likeness (QED) is 0.750. The summed E-state index contributed by atoms with van der Waals surface area (Å²) in [7, 11) is 0. The second kappa shape index (κ2) is 6.29. The molecule has 3 heterocycles. The number of benzene rings is 1. The molecule has 1 fully saturated rings. The molecular weight excluding hydrogens is 340 g/mol. The first kappa shape index (κ1) is 16.3. The van der Waals surface area contributed by atoms with E-state index in [1.54, 1.807) is 12.1 Å². The van der Waals surface area contributed by atoms with E-state index in [4.69, 9.17) is 22.1 Å². The van der Waals surface area contributed by atoms with Crippen molar-refractivity contribution in [3.05, 3.63) is 53.4 Å². The van der Waals surface area contributed by atoms with Gasteiger partial charge in [0.1, 0.15) is 30.1 Å². The maximum atomic E-state index is 10.7. The summed E-state index contributed by atoms with van der Waals surface area (Å²) in [5.74, 6) is 0.639. The van der Waals surface area contributed by atoms with E-state index < -0.39 is 6.10 Å². The molecule has 4 rings (SSSR count). The van der Waals surface area contributed by atoms with Crippen molar-refractivity contribution < 1.29 is 9.84 Å². The first-order valence-electron chi connectivity index (χ1n) is 8.20. The minimum atomic E-state index is -0.709. The van der Waals surface area contributed by atoms with Crippen LogP contribution in [0.15, 0.2) is 42.9 Å². The molecule has 0 saturated carbocycles. The van der Waals surface area contributed by atoms with E-state index in [2.05, 4.69) is 16.9 Å². The van der Waals surface area contributed by atoms with Gasteiger partial charge in [-0.05, 0) is 36.1 Å². The molecular formula is C18H19ClN4O2. The topological polar surface area (TPSA) is 86.2 Å². The first-order valence-corrected chi connectivity index (χ1v) is 8.58. The summed E-state index contributed by atoms with van der Waals surface area (Å²) < 4.78 is 8.15. The monoisotopic (exact) mass is 358 g/mol. The van der Waals surface area contributed by atoms with E-state index in [9.17, 15) is 5.11 Å². The molecule has 4 atom stereocenters. The normalized spacial score (nSPS) is 24.7. The Hall–Kier alpha value is -2.15. The summed E-state index contributed by atoms with van der Waals surface area (Å²) >= 11 is 5.93. The Balaban J connectivity index is 1.60. The number of halogens is 1. The van der Waals surface area contributed by atoms with Crippen molar-refractivity contribution in [3.8, 4) is 0 Å². The zero-order valence-corrected chi connectivity index (χ0v) is 14.5. The molecule has 1 aliphatic heterocycles. The van der Waals surface area contributed by atoms with Crippen LogP contribution in [0.3, 0.4) is 0 Å². The van der Waals surface area contributed by atoms with Crippen molar-refractivity contribution in [1.82, 2.24) is 14.5 Å². The lowest BCUT2D eigenvalue weighted by Crippen LogP contribution is -2.23. The molecule has 3 aromatic rings. The summed E-state index contributed by atoms with van der Waals surface area (Å²) in [5, 5.41) is 12.2. The second-order valence-corrected chi connectivity index (χ2v) is 6.92. The summed E-state index contributed by atoms with van der Waals surface area (Å²) in [6.45, 7) is 2.08. The molecule has 0 bridgehead atoms. The molecule has 1 aliphatic rings. The van der Waals surface area contributed by atoms with Gasteiger partial charge in [0.15, 0.2) is 0 Å². The number of fused-ring (bicyclic) bond motifs is 1. The standard InChI is InChI=1S/C18H19ClN4O2/c1-10-8-14(23-7-6-13-17(20)21-9-22-18(13)23)25-16(10)15(24)11-2-4-12(19)5-3-11/h2-7,9-10,14-16,24H,8H2,1H3,(H2,20,21,22). The Bertz CT molecular complexity index is 896. The van der Waals surface area contributed by atoms with Gasteiger partial charge in [-0.3, -0.25) is 0 Å². The van der Waals surface area contributed by atoms with Crippen LogP contribution in [0.5, 0.6) is 0 Å². The number of aliphatic hydroxyl groups excluding tert-OH is 1. The van der Waals surface area contributed by atoms with Crippen molar-refractivity contribution in [2.75, 3.05) is 5.73 Å².